The molecule has 2 aliphatic heterocycles. The monoisotopic (exact) mass is 398 g/mol. The first-order valence-corrected chi connectivity index (χ1v) is 10.5. The predicted octanol–water partition coefficient (Wildman–Crippen LogP) is 1.87. The molecule has 3 rings (SSSR count). The smallest absolute Gasteiger partial charge is 0.263 e. The lowest BCUT2D eigenvalue weighted by Crippen LogP contribution is -2.54. The van der Waals surface area contributed by atoms with Gasteiger partial charge in [-0.15, -0.1) is 0 Å². The highest BCUT2D eigenvalue weighted by Gasteiger charge is 2.29. The largest absolute Gasteiger partial charge is 0.481 e. The second kappa shape index (κ2) is 9.75. The second-order valence-electron chi connectivity index (χ2n) is 7.93. The Morgan fingerprint density at radius 3 is 2.45 bits per heavy atom. The molecule has 7 heteroatoms. The van der Waals surface area contributed by atoms with Crippen molar-refractivity contribution in [3.8, 4) is 11.8 Å². The van der Waals surface area contributed by atoms with Gasteiger partial charge < -0.3 is 14.5 Å². The van der Waals surface area contributed by atoms with Gasteiger partial charge in [0.2, 0.25) is 5.91 Å². The first kappa shape index (κ1) is 21.1. The predicted molar refractivity (Wildman–Crippen MR) is 109 cm³/mol. The van der Waals surface area contributed by atoms with Crippen LogP contribution in [0.25, 0.3) is 0 Å². The van der Waals surface area contributed by atoms with Gasteiger partial charge in [-0.2, -0.15) is 5.26 Å². The van der Waals surface area contributed by atoms with Crippen LogP contribution in [-0.2, 0) is 9.59 Å². The lowest BCUT2D eigenvalue weighted by atomic mass is 10.0. The Kier molecular flexibility index (Phi) is 7.10. The molecule has 0 saturated carbocycles. The summed E-state index contributed by atoms with van der Waals surface area (Å²) in [5.74, 6) is 0.726. The van der Waals surface area contributed by atoms with Crippen LogP contribution < -0.4 is 4.74 Å². The SMILES string of the molecule is CC(Oc1ccc(C#N)cc1)C(=O)N1CCN(CC(=O)N2CCCCC2C)CC1. The Hall–Kier alpha value is -2.59. The molecule has 0 N–H and O–H groups in total. The van der Waals surface area contributed by atoms with Crippen LogP contribution in [0, 0.1) is 11.3 Å². The van der Waals surface area contributed by atoms with Gasteiger partial charge in [0.25, 0.3) is 5.91 Å². The van der Waals surface area contributed by atoms with Crippen molar-refractivity contribution in [1.82, 2.24) is 14.7 Å². The van der Waals surface area contributed by atoms with E-state index in [0.29, 0.717) is 50.1 Å². The minimum Gasteiger partial charge on any atom is -0.481 e. The van der Waals surface area contributed by atoms with E-state index in [0.717, 1.165) is 19.4 Å². The normalized spacial score (nSPS) is 21.3. The average Bonchev–Trinajstić information content (AvgIpc) is 2.74. The summed E-state index contributed by atoms with van der Waals surface area (Å²) in [4.78, 5) is 31.3. The highest BCUT2D eigenvalue weighted by atomic mass is 16.5. The zero-order valence-electron chi connectivity index (χ0n) is 17.3. The van der Waals surface area contributed by atoms with E-state index in [1.54, 1.807) is 36.1 Å². The van der Waals surface area contributed by atoms with Crippen molar-refractivity contribution in [3.63, 3.8) is 0 Å². The molecule has 0 radical (unpaired) electrons. The van der Waals surface area contributed by atoms with Gasteiger partial charge in [-0.05, 0) is 57.4 Å². The molecule has 0 aliphatic carbocycles. The van der Waals surface area contributed by atoms with Crippen LogP contribution in [0.4, 0.5) is 0 Å². The van der Waals surface area contributed by atoms with Crippen LogP contribution in [0.2, 0.25) is 0 Å². The summed E-state index contributed by atoms with van der Waals surface area (Å²) in [6.07, 6.45) is 2.79. The van der Waals surface area contributed by atoms with Crippen molar-refractivity contribution < 1.29 is 14.3 Å². The molecule has 2 heterocycles. The van der Waals surface area contributed by atoms with Gasteiger partial charge in [0.15, 0.2) is 6.10 Å². The molecular weight excluding hydrogens is 368 g/mol. The van der Waals surface area contributed by atoms with Gasteiger partial charge in [0.1, 0.15) is 5.75 Å². The van der Waals surface area contributed by atoms with E-state index in [-0.39, 0.29) is 11.8 Å². The number of hydrogen-bond acceptors (Lipinski definition) is 5. The number of nitrogens with zero attached hydrogens (tertiary/aromatic N) is 4. The molecule has 1 aromatic rings. The molecule has 2 fully saturated rings. The van der Waals surface area contributed by atoms with Crippen LogP contribution in [0.3, 0.4) is 0 Å². The number of carbonyl (C=O) groups is 2. The molecule has 2 saturated heterocycles. The van der Waals surface area contributed by atoms with Crippen molar-refractivity contribution in [3.05, 3.63) is 29.8 Å². The molecule has 2 aliphatic rings. The number of benzene rings is 1. The molecule has 0 spiro atoms. The first-order valence-electron chi connectivity index (χ1n) is 10.5. The van der Waals surface area contributed by atoms with Gasteiger partial charge in [-0.25, -0.2) is 0 Å². The van der Waals surface area contributed by atoms with E-state index in [1.807, 2.05) is 4.90 Å². The lowest BCUT2D eigenvalue weighted by Gasteiger charge is -2.38. The average molecular weight is 399 g/mol. The maximum atomic E-state index is 12.7. The van der Waals surface area contributed by atoms with Gasteiger partial charge in [0, 0.05) is 38.8 Å². The number of amides is 2. The zero-order chi connectivity index (χ0) is 20.8. The summed E-state index contributed by atoms with van der Waals surface area (Å²) < 4.78 is 5.74. The van der Waals surface area contributed by atoms with Crippen LogP contribution in [0.1, 0.15) is 38.7 Å². The number of carbonyl (C=O) groups excluding carboxylic acids is 2. The summed E-state index contributed by atoms with van der Waals surface area (Å²) >= 11 is 0. The van der Waals surface area contributed by atoms with Crippen LogP contribution in [-0.4, -0.2) is 77.9 Å². The maximum Gasteiger partial charge on any atom is 0.263 e. The third kappa shape index (κ3) is 5.48. The Bertz CT molecular complexity index is 750. The fraction of sp³-hybridized carbons (Fsp3) is 0.591. The quantitative estimate of drug-likeness (QED) is 0.757. The number of hydrogen-bond donors (Lipinski definition) is 0. The van der Waals surface area contributed by atoms with Crippen LogP contribution in [0.15, 0.2) is 24.3 Å². The van der Waals surface area contributed by atoms with Gasteiger partial charge >= 0.3 is 0 Å². The highest BCUT2D eigenvalue weighted by molar-refractivity contribution is 5.81. The molecule has 0 aromatic heterocycles. The molecule has 156 valence electrons. The van der Waals surface area contributed by atoms with E-state index in [9.17, 15) is 9.59 Å². The Morgan fingerprint density at radius 1 is 1.14 bits per heavy atom. The summed E-state index contributed by atoms with van der Waals surface area (Å²) in [6.45, 7) is 7.77. The van der Waals surface area contributed by atoms with E-state index >= 15 is 0 Å². The summed E-state index contributed by atoms with van der Waals surface area (Å²) in [5, 5.41) is 8.85. The fourth-order valence-electron chi connectivity index (χ4n) is 4.00. The third-order valence-corrected chi connectivity index (χ3v) is 5.81. The highest BCUT2D eigenvalue weighted by Crippen LogP contribution is 2.18. The number of likely N-dealkylation sites (tertiary alicyclic amines) is 1. The van der Waals surface area contributed by atoms with Gasteiger partial charge in [-0.3, -0.25) is 14.5 Å². The first-order chi connectivity index (χ1) is 14.0. The molecule has 29 heavy (non-hydrogen) atoms. The fourth-order valence-corrected chi connectivity index (χ4v) is 4.00. The van der Waals surface area contributed by atoms with Crippen LogP contribution >= 0.6 is 0 Å². The second-order valence-corrected chi connectivity index (χ2v) is 7.93. The molecular formula is C22H30N4O3. The van der Waals surface area contributed by atoms with E-state index in [4.69, 9.17) is 10.00 Å². The molecule has 2 atom stereocenters. The lowest BCUT2D eigenvalue weighted by molar-refractivity contribution is -0.140. The third-order valence-electron chi connectivity index (χ3n) is 5.81. The Labute approximate surface area is 172 Å². The standard InChI is InChI=1S/C22H30N4O3/c1-17-5-3-4-10-26(17)21(27)16-24-11-13-25(14-12-24)22(28)18(2)29-20-8-6-19(15-23)7-9-20/h6-9,17-18H,3-5,10-14,16H2,1-2H3. The topological polar surface area (TPSA) is 76.9 Å². The molecule has 0 bridgehead atoms. The number of ether oxygens (including phenoxy) is 1. The van der Waals surface area contributed by atoms with Crippen molar-refractivity contribution >= 4 is 11.8 Å². The Morgan fingerprint density at radius 2 is 1.83 bits per heavy atom. The summed E-state index contributed by atoms with van der Waals surface area (Å²) in [7, 11) is 0. The number of rotatable bonds is 5. The number of nitriles is 1. The summed E-state index contributed by atoms with van der Waals surface area (Å²) in [6, 6.07) is 9.14. The van der Waals surface area contributed by atoms with Gasteiger partial charge in [0.05, 0.1) is 18.2 Å². The van der Waals surface area contributed by atoms with E-state index < -0.39 is 6.10 Å². The molecule has 2 amide bonds. The van der Waals surface area contributed by atoms with E-state index in [1.165, 1.54) is 6.42 Å². The van der Waals surface area contributed by atoms with Crippen molar-refractivity contribution in [2.75, 3.05) is 39.3 Å². The molecule has 1 aromatic carbocycles. The summed E-state index contributed by atoms with van der Waals surface area (Å²) in [5.41, 5.74) is 0.556. The Balaban J connectivity index is 1.44. The minimum atomic E-state index is -0.592. The maximum absolute atomic E-state index is 12.7. The zero-order valence-corrected chi connectivity index (χ0v) is 17.3. The van der Waals surface area contributed by atoms with E-state index in [2.05, 4.69) is 17.9 Å². The van der Waals surface area contributed by atoms with Gasteiger partial charge in [-0.1, -0.05) is 0 Å². The number of piperidine rings is 1. The molecule has 7 nitrogen and oxygen atoms in total. The minimum absolute atomic E-state index is 0.0509. The number of piperazine rings is 1. The van der Waals surface area contributed by atoms with Crippen molar-refractivity contribution in [2.24, 2.45) is 0 Å². The molecule has 2 unspecified atom stereocenters. The van der Waals surface area contributed by atoms with Crippen molar-refractivity contribution in [1.29, 1.82) is 5.26 Å². The van der Waals surface area contributed by atoms with Crippen LogP contribution in [0.5, 0.6) is 5.75 Å². The van der Waals surface area contributed by atoms with Crippen molar-refractivity contribution in [2.45, 2.75) is 45.3 Å².